The quantitative estimate of drug-likeness (QED) is 0.422. The zero-order chi connectivity index (χ0) is 20.3. The Morgan fingerprint density at radius 1 is 0.893 bits per heavy atom. The summed E-state index contributed by atoms with van der Waals surface area (Å²) >= 11 is 6.60. The molecule has 0 bridgehead atoms. The Bertz CT molecular complexity index is 932. The Kier molecular flexibility index (Phi) is 6.16. The highest BCUT2D eigenvalue weighted by Gasteiger charge is 2.32. The maximum Gasteiger partial charge on any atom is 0.286 e. The van der Waals surface area contributed by atoms with Crippen LogP contribution in [0.2, 0.25) is 0 Å². The van der Waals surface area contributed by atoms with Gasteiger partial charge in [-0.1, -0.05) is 36.0 Å². The number of hydrogen-bond donors (Lipinski definition) is 0. The number of carbonyl (C=O) groups excluding carboxylic acids is 1. The highest BCUT2D eigenvalue weighted by Crippen LogP contribution is 2.33. The molecule has 144 valence electrons. The number of nitrogens with zero attached hydrogens (tertiary/aromatic N) is 4. The topological polar surface area (TPSA) is 39.1 Å². The van der Waals surface area contributed by atoms with Crippen LogP contribution >= 0.6 is 24.0 Å². The minimum atomic E-state index is -0.201. The van der Waals surface area contributed by atoms with Gasteiger partial charge in [-0.15, -0.1) is 0 Å². The van der Waals surface area contributed by atoms with Crippen LogP contribution < -0.4 is 9.80 Å². The van der Waals surface area contributed by atoms with Gasteiger partial charge in [0.15, 0.2) is 4.32 Å². The fourth-order valence-corrected chi connectivity index (χ4v) is 3.73. The SMILES string of the molecule is CN(C)c1ccc(C=NN2C(=O)C(=Cc3ccc(N(C)C)cc3)SC2=S)cc1. The Morgan fingerprint density at radius 2 is 1.39 bits per heavy atom. The standard InChI is InChI=1S/C21H22N4OS2/c1-23(2)17-9-5-15(6-10-17)13-19-20(26)25(21(27)28-19)22-14-16-7-11-18(12-8-16)24(3)4/h5-14H,1-4H3. The summed E-state index contributed by atoms with van der Waals surface area (Å²) in [4.78, 5) is 17.3. The molecule has 1 amide bonds. The number of benzene rings is 2. The van der Waals surface area contributed by atoms with Crippen LogP contribution in [0.25, 0.3) is 6.08 Å². The summed E-state index contributed by atoms with van der Waals surface area (Å²) in [5.41, 5.74) is 4.07. The number of amides is 1. The molecule has 28 heavy (non-hydrogen) atoms. The van der Waals surface area contributed by atoms with Crippen molar-refractivity contribution >= 4 is 57.9 Å². The highest BCUT2D eigenvalue weighted by atomic mass is 32.2. The molecular weight excluding hydrogens is 388 g/mol. The minimum absolute atomic E-state index is 0.201. The van der Waals surface area contributed by atoms with Crippen LogP contribution in [0.5, 0.6) is 0 Å². The lowest BCUT2D eigenvalue weighted by Gasteiger charge is -2.12. The maximum atomic E-state index is 12.7. The molecule has 0 aromatic heterocycles. The average Bonchev–Trinajstić information content (AvgIpc) is 2.94. The van der Waals surface area contributed by atoms with Crippen molar-refractivity contribution < 1.29 is 4.79 Å². The minimum Gasteiger partial charge on any atom is -0.378 e. The van der Waals surface area contributed by atoms with Gasteiger partial charge in [0.05, 0.1) is 11.1 Å². The van der Waals surface area contributed by atoms with Crippen molar-refractivity contribution in [2.45, 2.75) is 0 Å². The number of anilines is 2. The van der Waals surface area contributed by atoms with Crippen LogP contribution in [-0.2, 0) is 4.79 Å². The van der Waals surface area contributed by atoms with Crippen LogP contribution in [0, 0.1) is 0 Å². The largest absolute Gasteiger partial charge is 0.378 e. The molecule has 2 aromatic rings. The van der Waals surface area contributed by atoms with Crippen LogP contribution in [0.15, 0.2) is 58.5 Å². The lowest BCUT2D eigenvalue weighted by molar-refractivity contribution is -0.122. The van der Waals surface area contributed by atoms with E-state index in [9.17, 15) is 4.79 Å². The second-order valence-corrected chi connectivity index (χ2v) is 8.39. The molecule has 5 nitrogen and oxygen atoms in total. The smallest absolute Gasteiger partial charge is 0.286 e. The third-order valence-electron chi connectivity index (χ3n) is 4.21. The Morgan fingerprint density at radius 3 is 1.89 bits per heavy atom. The van der Waals surface area contributed by atoms with E-state index >= 15 is 0 Å². The fourth-order valence-electron chi connectivity index (χ4n) is 2.56. The molecule has 1 heterocycles. The van der Waals surface area contributed by atoms with E-state index in [0.29, 0.717) is 9.23 Å². The maximum absolute atomic E-state index is 12.7. The van der Waals surface area contributed by atoms with Crippen LogP contribution in [0.3, 0.4) is 0 Å². The summed E-state index contributed by atoms with van der Waals surface area (Å²) in [7, 11) is 7.96. The third-order valence-corrected chi connectivity index (χ3v) is 5.50. The summed E-state index contributed by atoms with van der Waals surface area (Å²) in [6.07, 6.45) is 3.50. The first-order chi connectivity index (χ1) is 13.3. The fraction of sp³-hybridized carbons (Fsp3) is 0.190. The Labute approximate surface area is 175 Å². The van der Waals surface area contributed by atoms with E-state index in [1.807, 2.05) is 92.6 Å². The molecular formula is C21H22N4OS2. The van der Waals surface area contributed by atoms with E-state index in [-0.39, 0.29) is 5.91 Å². The van der Waals surface area contributed by atoms with Gasteiger partial charge in [-0.25, -0.2) is 0 Å². The number of carbonyl (C=O) groups is 1. The summed E-state index contributed by atoms with van der Waals surface area (Å²) in [6, 6.07) is 15.9. The molecule has 1 aliphatic rings. The lowest BCUT2D eigenvalue weighted by atomic mass is 10.2. The summed E-state index contributed by atoms with van der Waals surface area (Å²) in [5, 5.41) is 5.57. The van der Waals surface area contributed by atoms with Crippen LogP contribution in [-0.4, -0.2) is 49.6 Å². The molecule has 1 fully saturated rings. The normalized spacial score (nSPS) is 15.7. The molecule has 0 unspecified atom stereocenters. The van der Waals surface area contributed by atoms with E-state index in [1.165, 1.54) is 16.8 Å². The summed E-state index contributed by atoms with van der Waals surface area (Å²) in [6.45, 7) is 0. The van der Waals surface area contributed by atoms with Crippen molar-refractivity contribution in [1.29, 1.82) is 0 Å². The van der Waals surface area contributed by atoms with Gasteiger partial charge in [0.1, 0.15) is 0 Å². The zero-order valence-corrected chi connectivity index (χ0v) is 17.9. The highest BCUT2D eigenvalue weighted by molar-refractivity contribution is 8.26. The van der Waals surface area contributed by atoms with Gasteiger partial charge in [0.25, 0.3) is 5.91 Å². The van der Waals surface area contributed by atoms with E-state index in [1.54, 1.807) is 6.21 Å². The van der Waals surface area contributed by atoms with Crippen LogP contribution in [0.4, 0.5) is 11.4 Å². The van der Waals surface area contributed by atoms with Crippen molar-refractivity contribution in [3.63, 3.8) is 0 Å². The van der Waals surface area contributed by atoms with Gasteiger partial charge >= 0.3 is 0 Å². The third kappa shape index (κ3) is 4.61. The van der Waals surface area contributed by atoms with Gasteiger partial charge in [-0.05, 0) is 53.7 Å². The summed E-state index contributed by atoms with van der Waals surface area (Å²) in [5.74, 6) is -0.201. The molecule has 0 spiro atoms. The van der Waals surface area contributed by atoms with Gasteiger partial charge in [0.2, 0.25) is 0 Å². The number of rotatable bonds is 5. The van der Waals surface area contributed by atoms with E-state index in [4.69, 9.17) is 12.2 Å². The van der Waals surface area contributed by atoms with Crippen molar-refractivity contribution in [1.82, 2.24) is 5.01 Å². The van der Waals surface area contributed by atoms with Gasteiger partial charge in [-0.3, -0.25) is 4.79 Å². The van der Waals surface area contributed by atoms with Gasteiger partial charge < -0.3 is 9.80 Å². The monoisotopic (exact) mass is 410 g/mol. The first-order valence-electron chi connectivity index (χ1n) is 8.72. The molecule has 0 N–H and O–H groups in total. The number of thiocarbonyl (C=S) groups is 1. The predicted octanol–water partition coefficient (Wildman–Crippen LogP) is 4.05. The molecule has 0 radical (unpaired) electrons. The average molecular weight is 411 g/mol. The van der Waals surface area contributed by atoms with E-state index in [0.717, 1.165) is 22.5 Å². The van der Waals surface area contributed by atoms with Gasteiger partial charge in [-0.2, -0.15) is 10.1 Å². The second kappa shape index (κ2) is 8.58. The lowest BCUT2D eigenvalue weighted by Crippen LogP contribution is -2.22. The second-order valence-electron chi connectivity index (χ2n) is 6.71. The number of thioether (sulfide) groups is 1. The van der Waals surface area contributed by atoms with Crippen molar-refractivity contribution in [3.05, 3.63) is 64.6 Å². The predicted molar refractivity (Wildman–Crippen MR) is 124 cm³/mol. The Hall–Kier alpha value is -2.64. The van der Waals surface area contributed by atoms with E-state index in [2.05, 4.69) is 5.10 Å². The molecule has 2 aromatic carbocycles. The zero-order valence-electron chi connectivity index (χ0n) is 16.3. The molecule has 0 aliphatic carbocycles. The number of hydrazone groups is 1. The first-order valence-corrected chi connectivity index (χ1v) is 9.94. The van der Waals surface area contributed by atoms with Gasteiger partial charge in [0, 0.05) is 39.6 Å². The van der Waals surface area contributed by atoms with Crippen molar-refractivity contribution in [3.8, 4) is 0 Å². The first kappa shape index (κ1) is 20.1. The number of hydrogen-bond acceptors (Lipinski definition) is 6. The summed E-state index contributed by atoms with van der Waals surface area (Å²) < 4.78 is 0.433. The van der Waals surface area contributed by atoms with Crippen molar-refractivity contribution in [2.75, 3.05) is 38.0 Å². The molecule has 0 atom stereocenters. The molecule has 3 rings (SSSR count). The Balaban J connectivity index is 1.74. The molecule has 0 saturated carbocycles. The van der Waals surface area contributed by atoms with E-state index < -0.39 is 0 Å². The molecule has 1 saturated heterocycles. The van der Waals surface area contributed by atoms with Crippen molar-refractivity contribution in [2.24, 2.45) is 5.10 Å². The molecule has 1 aliphatic heterocycles. The molecule has 7 heteroatoms. The van der Waals surface area contributed by atoms with Crippen LogP contribution in [0.1, 0.15) is 11.1 Å².